The molecule has 1 saturated heterocycles. The van der Waals surface area contributed by atoms with E-state index in [1.165, 1.54) is 13.8 Å². The molecule has 0 unspecified atom stereocenters. The van der Waals surface area contributed by atoms with Crippen LogP contribution in [0.3, 0.4) is 0 Å². The molecule has 0 spiro atoms. The lowest BCUT2D eigenvalue weighted by Gasteiger charge is -2.44. The van der Waals surface area contributed by atoms with E-state index in [4.69, 9.17) is 23.7 Å². The summed E-state index contributed by atoms with van der Waals surface area (Å²) in [5.74, 6) is -2.52. The van der Waals surface area contributed by atoms with E-state index >= 15 is 0 Å². The average Bonchev–Trinajstić information content (AvgIpc) is 2.90. The maximum atomic E-state index is 12.0. The van der Waals surface area contributed by atoms with Gasteiger partial charge in [0.05, 0.1) is 13.2 Å². The zero-order valence-corrected chi connectivity index (χ0v) is 23.9. The number of amides is 4. The highest BCUT2D eigenvalue weighted by atomic mass is 16.7. The van der Waals surface area contributed by atoms with Gasteiger partial charge in [0.15, 0.2) is 18.5 Å². The maximum absolute atomic E-state index is 12.0. The van der Waals surface area contributed by atoms with E-state index in [0.29, 0.717) is 12.1 Å². The van der Waals surface area contributed by atoms with Crippen LogP contribution >= 0.6 is 0 Å². The average molecular weight is 597 g/mol. The number of nitrogens with one attached hydrogen (secondary N) is 4. The van der Waals surface area contributed by atoms with Crippen molar-refractivity contribution in [1.82, 2.24) is 16.2 Å². The number of urea groups is 1. The van der Waals surface area contributed by atoms with Crippen molar-refractivity contribution >= 4 is 41.6 Å². The Kier molecular flexibility index (Phi) is 13.5. The molecule has 0 radical (unpaired) electrons. The van der Waals surface area contributed by atoms with Gasteiger partial charge in [0.2, 0.25) is 5.91 Å². The van der Waals surface area contributed by atoms with E-state index in [0.717, 1.165) is 19.4 Å². The fourth-order valence-corrected chi connectivity index (χ4v) is 3.92. The molecule has 1 aromatic carbocycles. The van der Waals surface area contributed by atoms with E-state index in [1.54, 1.807) is 31.2 Å². The van der Waals surface area contributed by atoms with Crippen LogP contribution in [0.1, 0.15) is 40.2 Å². The number of rotatable bonds is 11. The molecule has 0 saturated carbocycles. The third-order valence-electron chi connectivity index (χ3n) is 5.51. The van der Waals surface area contributed by atoms with Crippen molar-refractivity contribution in [2.45, 2.75) is 71.7 Å². The van der Waals surface area contributed by atoms with Gasteiger partial charge in [-0.25, -0.2) is 20.4 Å². The fourth-order valence-electron chi connectivity index (χ4n) is 3.92. The van der Waals surface area contributed by atoms with E-state index < -0.39 is 66.6 Å². The minimum atomic E-state index is -1.22. The van der Waals surface area contributed by atoms with Gasteiger partial charge in [0.25, 0.3) is 0 Å². The first-order valence-corrected chi connectivity index (χ1v) is 13.0. The monoisotopic (exact) mass is 596 g/mol. The smallest absolute Gasteiger partial charge is 0.426 e. The van der Waals surface area contributed by atoms with E-state index in [9.17, 15) is 28.8 Å². The molecular formula is C26H36N4O12. The minimum absolute atomic E-state index is 0.0722. The Labute approximate surface area is 242 Å². The van der Waals surface area contributed by atoms with Gasteiger partial charge in [-0.05, 0) is 31.0 Å². The molecule has 16 heteroatoms. The lowest BCUT2D eigenvalue weighted by atomic mass is 9.96. The molecule has 4 amide bonds. The van der Waals surface area contributed by atoms with Crippen molar-refractivity contribution in [1.29, 1.82) is 0 Å². The summed E-state index contributed by atoms with van der Waals surface area (Å²) in [7, 11) is 0. The molecule has 1 aliphatic heterocycles. The van der Waals surface area contributed by atoms with Gasteiger partial charge in [0, 0.05) is 33.4 Å². The van der Waals surface area contributed by atoms with Gasteiger partial charge in [-0.3, -0.25) is 19.2 Å². The molecule has 2 rings (SSSR count). The van der Waals surface area contributed by atoms with Crippen LogP contribution in [0.15, 0.2) is 24.3 Å². The van der Waals surface area contributed by atoms with Crippen LogP contribution in [0, 0.1) is 0 Å². The lowest BCUT2D eigenvalue weighted by Crippen LogP contribution is -2.66. The third-order valence-corrected chi connectivity index (χ3v) is 5.51. The molecule has 1 aliphatic rings. The van der Waals surface area contributed by atoms with Crippen LogP contribution in [-0.4, -0.2) is 86.4 Å². The Morgan fingerprint density at radius 2 is 1.48 bits per heavy atom. The number of ether oxygens (including phenoxy) is 6. The number of benzene rings is 1. The predicted octanol–water partition coefficient (Wildman–Crippen LogP) is 0.684. The highest BCUT2D eigenvalue weighted by Gasteiger charge is 2.51. The summed E-state index contributed by atoms with van der Waals surface area (Å²) < 4.78 is 32.4. The molecule has 5 atom stereocenters. The van der Waals surface area contributed by atoms with Crippen molar-refractivity contribution in [3.63, 3.8) is 0 Å². The highest BCUT2D eigenvalue weighted by molar-refractivity contribution is 5.90. The molecule has 4 N–H and O–H groups in total. The summed E-state index contributed by atoms with van der Waals surface area (Å²) in [6, 6.07) is 4.96. The molecule has 0 aliphatic carbocycles. The number of carbonyl (C=O) groups is 6. The van der Waals surface area contributed by atoms with Crippen molar-refractivity contribution < 1.29 is 57.2 Å². The third kappa shape index (κ3) is 11.6. The fraction of sp³-hybridized carbons (Fsp3) is 0.538. The number of anilines is 1. The minimum Gasteiger partial charge on any atom is -0.463 e. The Balaban J connectivity index is 2.09. The summed E-state index contributed by atoms with van der Waals surface area (Å²) in [5.41, 5.74) is 5.47. The Hall–Kier alpha value is -4.44. The zero-order valence-electron chi connectivity index (χ0n) is 23.9. The number of carbonyl (C=O) groups excluding carboxylic acids is 6. The molecule has 1 aromatic rings. The summed E-state index contributed by atoms with van der Waals surface area (Å²) in [6.45, 7) is 6.25. The maximum Gasteiger partial charge on any atom is 0.426 e. The van der Waals surface area contributed by atoms with Crippen LogP contribution in [0.25, 0.3) is 0 Å². The van der Waals surface area contributed by atoms with Gasteiger partial charge >= 0.3 is 30.0 Å². The normalized spacial score (nSPS) is 21.2. The second-order valence-corrected chi connectivity index (χ2v) is 8.96. The molecule has 1 heterocycles. The molecule has 232 valence electrons. The second kappa shape index (κ2) is 16.7. The van der Waals surface area contributed by atoms with E-state index in [1.807, 2.05) is 0 Å². The zero-order chi connectivity index (χ0) is 31.2. The SMILES string of the molecule is CCOC(=O)NNC(=O)Nc1ccc(CCO[C@@H]2O[C@H](COC(C)=O)[C@H](OC(C)=O)[C@H](OC(C)=O)[C@H]2NC(C)=O)cc1. The molecular weight excluding hydrogens is 560 g/mol. The van der Waals surface area contributed by atoms with Crippen molar-refractivity contribution in [3.05, 3.63) is 29.8 Å². The Bertz CT molecular complexity index is 1110. The van der Waals surface area contributed by atoms with E-state index in [2.05, 4.69) is 26.2 Å². The van der Waals surface area contributed by atoms with Crippen molar-refractivity contribution in [2.75, 3.05) is 25.1 Å². The second-order valence-electron chi connectivity index (χ2n) is 8.96. The molecule has 42 heavy (non-hydrogen) atoms. The van der Waals surface area contributed by atoms with Crippen LogP contribution in [-0.2, 0) is 54.0 Å². The van der Waals surface area contributed by atoms with Gasteiger partial charge < -0.3 is 39.1 Å². The number of hydrazine groups is 1. The summed E-state index contributed by atoms with van der Waals surface area (Å²) in [6.07, 6.45) is -5.13. The number of esters is 3. The summed E-state index contributed by atoms with van der Waals surface area (Å²) in [4.78, 5) is 70.4. The first kappa shape index (κ1) is 33.8. The van der Waals surface area contributed by atoms with Gasteiger partial charge in [-0.15, -0.1) is 0 Å². The number of hydrogen-bond donors (Lipinski definition) is 4. The first-order valence-electron chi connectivity index (χ1n) is 13.0. The molecule has 0 aromatic heterocycles. The largest absolute Gasteiger partial charge is 0.463 e. The van der Waals surface area contributed by atoms with Gasteiger partial charge in [-0.1, -0.05) is 12.1 Å². The molecule has 1 fully saturated rings. The van der Waals surface area contributed by atoms with Gasteiger partial charge in [0.1, 0.15) is 18.8 Å². The van der Waals surface area contributed by atoms with Crippen molar-refractivity contribution in [3.8, 4) is 0 Å². The molecule has 0 bridgehead atoms. The quantitative estimate of drug-likeness (QED) is 0.158. The molecule has 16 nitrogen and oxygen atoms in total. The first-order chi connectivity index (χ1) is 19.9. The van der Waals surface area contributed by atoms with Crippen LogP contribution in [0.4, 0.5) is 15.3 Å². The Morgan fingerprint density at radius 3 is 2.05 bits per heavy atom. The standard InChI is InChI=1S/C26H36N4O12/c1-6-37-26(36)30-29-25(35)28-19-9-7-18(8-10-19)11-12-38-24-21(27-14(2)31)23(41-17(5)34)22(40-16(4)33)20(42-24)13-39-15(3)32/h7-10,20-24H,6,11-13H2,1-5H3,(H,27,31)(H,30,36)(H2,28,29,35)/t20-,21-,22+,23-,24-/m1/s1. The lowest BCUT2D eigenvalue weighted by molar-refractivity contribution is -0.277. The van der Waals surface area contributed by atoms with Crippen LogP contribution in [0.5, 0.6) is 0 Å². The van der Waals surface area contributed by atoms with Gasteiger partial charge in [-0.2, -0.15) is 0 Å². The summed E-state index contributed by atoms with van der Waals surface area (Å²) >= 11 is 0. The summed E-state index contributed by atoms with van der Waals surface area (Å²) in [5, 5.41) is 5.17. The van der Waals surface area contributed by atoms with E-state index in [-0.39, 0.29) is 19.8 Å². The highest BCUT2D eigenvalue weighted by Crippen LogP contribution is 2.28. The number of hydrogen-bond acceptors (Lipinski definition) is 12. The van der Waals surface area contributed by atoms with Crippen molar-refractivity contribution in [2.24, 2.45) is 0 Å². The topological polar surface area (TPSA) is 206 Å². The van der Waals surface area contributed by atoms with Crippen LogP contribution < -0.4 is 21.5 Å². The predicted molar refractivity (Wildman–Crippen MR) is 142 cm³/mol. The van der Waals surface area contributed by atoms with Crippen LogP contribution in [0.2, 0.25) is 0 Å². The Morgan fingerprint density at radius 1 is 0.833 bits per heavy atom.